The zero-order chi connectivity index (χ0) is 21.5. The standard InChI is InChI=1S/C24H39N5O2/c1-25-24(26-11-12-29(21-7-8-21)18-19-3-4-19)27-17-23(28-13-15-31-16-14-28)20-5-9-22(30-2)10-6-20/h5-6,9-10,19,21,23H,3-4,7-8,11-18H2,1-2H3,(H2,25,26,27). The van der Waals surface area contributed by atoms with Crippen LogP contribution in [-0.2, 0) is 4.74 Å². The molecule has 3 aliphatic rings. The molecule has 0 radical (unpaired) electrons. The number of aliphatic imine (C=N–C) groups is 1. The third-order valence-electron chi connectivity index (χ3n) is 6.62. The molecular weight excluding hydrogens is 390 g/mol. The number of hydrogen-bond acceptors (Lipinski definition) is 5. The summed E-state index contributed by atoms with van der Waals surface area (Å²) in [5.41, 5.74) is 1.29. The highest BCUT2D eigenvalue weighted by Crippen LogP contribution is 2.34. The quantitative estimate of drug-likeness (QED) is 0.415. The number of hydrogen-bond donors (Lipinski definition) is 2. The van der Waals surface area contributed by atoms with Gasteiger partial charge in [0, 0.05) is 52.4 Å². The predicted octanol–water partition coefficient (Wildman–Crippen LogP) is 2.11. The number of ether oxygens (including phenoxy) is 2. The lowest BCUT2D eigenvalue weighted by Gasteiger charge is -2.35. The zero-order valence-corrected chi connectivity index (χ0v) is 19.2. The number of benzene rings is 1. The summed E-state index contributed by atoms with van der Waals surface area (Å²) in [5, 5.41) is 7.11. The van der Waals surface area contributed by atoms with Gasteiger partial charge in [-0.25, -0.2) is 0 Å². The first-order chi connectivity index (χ1) is 15.3. The van der Waals surface area contributed by atoms with E-state index in [0.717, 1.165) is 69.6 Å². The van der Waals surface area contributed by atoms with Crippen LogP contribution in [0.4, 0.5) is 0 Å². The second-order valence-electron chi connectivity index (χ2n) is 8.99. The molecule has 2 N–H and O–H groups in total. The van der Waals surface area contributed by atoms with Crippen LogP contribution in [0, 0.1) is 5.92 Å². The van der Waals surface area contributed by atoms with Gasteiger partial charge in [-0.1, -0.05) is 12.1 Å². The molecule has 7 heteroatoms. The molecule has 1 aromatic rings. The fourth-order valence-corrected chi connectivity index (χ4v) is 4.40. The van der Waals surface area contributed by atoms with Gasteiger partial charge in [0.25, 0.3) is 0 Å². The van der Waals surface area contributed by atoms with Crippen molar-refractivity contribution in [1.29, 1.82) is 0 Å². The lowest BCUT2D eigenvalue weighted by atomic mass is 10.0. The molecule has 2 aliphatic carbocycles. The Morgan fingerprint density at radius 2 is 1.90 bits per heavy atom. The summed E-state index contributed by atoms with van der Waals surface area (Å²) in [6, 6.07) is 9.53. The van der Waals surface area contributed by atoms with E-state index in [4.69, 9.17) is 9.47 Å². The molecule has 1 aromatic carbocycles. The van der Waals surface area contributed by atoms with Gasteiger partial charge in [0.1, 0.15) is 5.75 Å². The zero-order valence-electron chi connectivity index (χ0n) is 19.2. The van der Waals surface area contributed by atoms with Crippen LogP contribution in [0.15, 0.2) is 29.3 Å². The Balaban J connectivity index is 1.29. The summed E-state index contributed by atoms with van der Waals surface area (Å²) in [7, 11) is 3.57. The first kappa shape index (κ1) is 22.4. The minimum Gasteiger partial charge on any atom is -0.497 e. The van der Waals surface area contributed by atoms with Gasteiger partial charge >= 0.3 is 0 Å². The maximum absolute atomic E-state index is 5.58. The Morgan fingerprint density at radius 3 is 2.52 bits per heavy atom. The highest BCUT2D eigenvalue weighted by atomic mass is 16.5. The molecule has 1 heterocycles. The predicted molar refractivity (Wildman–Crippen MR) is 125 cm³/mol. The number of rotatable bonds is 11. The number of guanidine groups is 1. The van der Waals surface area contributed by atoms with E-state index in [9.17, 15) is 0 Å². The highest BCUT2D eigenvalue weighted by molar-refractivity contribution is 5.79. The molecule has 1 unspecified atom stereocenters. The molecule has 172 valence electrons. The number of nitrogens with zero attached hydrogens (tertiary/aromatic N) is 3. The van der Waals surface area contributed by atoms with Gasteiger partial charge < -0.3 is 20.1 Å². The van der Waals surface area contributed by atoms with Crippen molar-refractivity contribution in [2.45, 2.75) is 37.8 Å². The summed E-state index contributed by atoms with van der Waals surface area (Å²) in [6.07, 6.45) is 5.61. The summed E-state index contributed by atoms with van der Waals surface area (Å²) in [6.45, 7) is 7.61. The van der Waals surface area contributed by atoms with E-state index in [1.807, 2.05) is 19.2 Å². The first-order valence-corrected chi connectivity index (χ1v) is 11.9. The molecule has 31 heavy (non-hydrogen) atoms. The van der Waals surface area contributed by atoms with Crippen LogP contribution in [0.5, 0.6) is 5.75 Å². The van der Waals surface area contributed by atoms with Crippen LogP contribution in [-0.4, -0.2) is 88.4 Å². The van der Waals surface area contributed by atoms with E-state index in [2.05, 4.69) is 37.6 Å². The Labute approximate surface area is 187 Å². The van der Waals surface area contributed by atoms with Crippen LogP contribution in [0.25, 0.3) is 0 Å². The molecule has 0 amide bonds. The van der Waals surface area contributed by atoms with E-state index >= 15 is 0 Å². The Hall–Kier alpha value is -1.83. The van der Waals surface area contributed by atoms with Gasteiger partial charge in [-0.2, -0.15) is 0 Å². The van der Waals surface area contributed by atoms with Crippen molar-refractivity contribution >= 4 is 5.96 Å². The molecular formula is C24H39N5O2. The molecule has 3 fully saturated rings. The van der Waals surface area contributed by atoms with Crippen LogP contribution in [0.1, 0.15) is 37.3 Å². The van der Waals surface area contributed by atoms with Crippen LogP contribution in [0.2, 0.25) is 0 Å². The first-order valence-electron chi connectivity index (χ1n) is 11.9. The minimum absolute atomic E-state index is 0.270. The van der Waals surface area contributed by atoms with Gasteiger partial charge in [0.15, 0.2) is 5.96 Å². The maximum atomic E-state index is 5.58. The Bertz CT molecular complexity index is 696. The fraction of sp³-hybridized carbons (Fsp3) is 0.708. The van der Waals surface area contributed by atoms with Crippen molar-refractivity contribution in [3.8, 4) is 5.75 Å². The highest BCUT2D eigenvalue weighted by Gasteiger charge is 2.33. The van der Waals surface area contributed by atoms with E-state index in [-0.39, 0.29) is 6.04 Å². The van der Waals surface area contributed by atoms with Crippen LogP contribution in [0.3, 0.4) is 0 Å². The SMILES string of the molecule is CN=C(NCCN(CC1CC1)C1CC1)NCC(c1ccc(OC)cc1)N1CCOCC1. The van der Waals surface area contributed by atoms with Gasteiger partial charge in [0.05, 0.1) is 26.4 Å². The lowest BCUT2D eigenvalue weighted by Crippen LogP contribution is -2.47. The average molecular weight is 430 g/mol. The summed E-state index contributed by atoms with van der Waals surface area (Å²) >= 11 is 0. The molecule has 7 nitrogen and oxygen atoms in total. The molecule has 0 spiro atoms. The van der Waals surface area contributed by atoms with Crippen molar-refractivity contribution in [2.24, 2.45) is 10.9 Å². The van der Waals surface area contributed by atoms with Crippen molar-refractivity contribution in [3.63, 3.8) is 0 Å². The van der Waals surface area contributed by atoms with Gasteiger partial charge in [-0.3, -0.25) is 14.8 Å². The third-order valence-corrected chi connectivity index (χ3v) is 6.62. The van der Waals surface area contributed by atoms with Crippen molar-refractivity contribution in [2.75, 3.05) is 66.6 Å². The van der Waals surface area contributed by atoms with E-state index in [1.54, 1.807) is 7.11 Å². The second-order valence-corrected chi connectivity index (χ2v) is 8.99. The topological polar surface area (TPSA) is 61.4 Å². The van der Waals surface area contributed by atoms with E-state index in [1.165, 1.54) is 37.8 Å². The van der Waals surface area contributed by atoms with Gasteiger partial charge in [-0.15, -0.1) is 0 Å². The molecule has 0 aromatic heterocycles. The minimum atomic E-state index is 0.270. The van der Waals surface area contributed by atoms with Crippen molar-refractivity contribution < 1.29 is 9.47 Å². The largest absolute Gasteiger partial charge is 0.497 e. The van der Waals surface area contributed by atoms with Crippen LogP contribution >= 0.6 is 0 Å². The maximum Gasteiger partial charge on any atom is 0.191 e. The molecule has 1 atom stereocenters. The average Bonchev–Trinajstić information content (AvgIpc) is 3.73. The second kappa shape index (κ2) is 11.2. The molecule has 0 bridgehead atoms. The normalized spacial score (nSPS) is 21.2. The fourth-order valence-electron chi connectivity index (χ4n) is 4.40. The third kappa shape index (κ3) is 6.82. The van der Waals surface area contributed by atoms with Crippen molar-refractivity contribution in [3.05, 3.63) is 29.8 Å². The molecule has 2 saturated carbocycles. The molecule has 4 rings (SSSR count). The Morgan fingerprint density at radius 1 is 1.16 bits per heavy atom. The number of morpholine rings is 1. The van der Waals surface area contributed by atoms with Crippen LogP contribution < -0.4 is 15.4 Å². The monoisotopic (exact) mass is 429 g/mol. The van der Waals surface area contributed by atoms with Gasteiger partial charge in [0.2, 0.25) is 0 Å². The van der Waals surface area contributed by atoms with E-state index < -0.39 is 0 Å². The number of methoxy groups -OCH3 is 1. The smallest absolute Gasteiger partial charge is 0.191 e. The summed E-state index contributed by atoms with van der Waals surface area (Å²) in [5.74, 6) is 2.73. The lowest BCUT2D eigenvalue weighted by molar-refractivity contribution is 0.0170. The number of nitrogens with one attached hydrogen (secondary N) is 2. The molecule has 1 saturated heterocycles. The summed E-state index contributed by atoms with van der Waals surface area (Å²) in [4.78, 5) is 9.65. The molecule has 1 aliphatic heterocycles. The Kier molecular flexibility index (Phi) is 8.05. The van der Waals surface area contributed by atoms with Crippen molar-refractivity contribution in [1.82, 2.24) is 20.4 Å². The summed E-state index contributed by atoms with van der Waals surface area (Å²) < 4.78 is 10.9. The van der Waals surface area contributed by atoms with E-state index in [0.29, 0.717) is 0 Å². The van der Waals surface area contributed by atoms with Gasteiger partial charge in [-0.05, 0) is 49.3 Å².